The second-order valence-corrected chi connectivity index (χ2v) is 8.79. The van der Waals surface area contributed by atoms with Crippen molar-refractivity contribution in [3.8, 4) is 11.3 Å². The smallest absolute Gasteiger partial charge is 0.226 e. The van der Waals surface area contributed by atoms with E-state index >= 15 is 0 Å². The molecule has 0 radical (unpaired) electrons. The van der Waals surface area contributed by atoms with Crippen molar-refractivity contribution in [2.24, 2.45) is 5.41 Å². The second kappa shape index (κ2) is 6.68. The zero-order valence-electron chi connectivity index (χ0n) is 17.1. The quantitative estimate of drug-likeness (QED) is 0.473. The van der Waals surface area contributed by atoms with Gasteiger partial charge < -0.3 is 15.6 Å². The van der Waals surface area contributed by atoms with Crippen LogP contribution in [-0.2, 0) is 0 Å². The molecule has 2 fully saturated rings. The van der Waals surface area contributed by atoms with Gasteiger partial charge in [-0.15, -0.1) is 0 Å². The van der Waals surface area contributed by atoms with E-state index in [1.54, 1.807) is 10.7 Å². The lowest BCUT2D eigenvalue weighted by atomic mass is 9.60. The van der Waals surface area contributed by atoms with Crippen molar-refractivity contribution in [2.75, 3.05) is 17.7 Å². The molecular formula is C22H26N8. The molecule has 4 heterocycles. The van der Waals surface area contributed by atoms with Crippen molar-refractivity contribution in [1.82, 2.24) is 29.5 Å². The van der Waals surface area contributed by atoms with Crippen molar-refractivity contribution < 1.29 is 0 Å². The van der Waals surface area contributed by atoms with E-state index < -0.39 is 0 Å². The average molecular weight is 403 g/mol. The van der Waals surface area contributed by atoms with Crippen LogP contribution in [0.25, 0.3) is 27.9 Å². The summed E-state index contributed by atoms with van der Waals surface area (Å²) in [6, 6.07) is 4.32. The van der Waals surface area contributed by atoms with Gasteiger partial charge in [0.1, 0.15) is 11.5 Å². The van der Waals surface area contributed by atoms with Crippen LogP contribution < -0.4 is 10.6 Å². The Balaban J connectivity index is 1.31. The number of anilines is 2. The number of nitrogens with one attached hydrogen (secondary N) is 3. The van der Waals surface area contributed by atoms with E-state index in [-0.39, 0.29) is 0 Å². The topological polar surface area (TPSA) is 95.8 Å². The molecule has 0 atom stereocenters. The van der Waals surface area contributed by atoms with Gasteiger partial charge in [-0.2, -0.15) is 15.1 Å². The van der Waals surface area contributed by atoms with Crippen LogP contribution in [0.3, 0.4) is 0 Å². The summed E-state index contributed by atoms with van der Waals surface area (Å²) in [5.74, 6) is 1.49. The number of nitrogens with zero attached hydrogens (tertiary/aromatic N) is 5. The van der Waals surface area contributed by atoms with Crippen LogP contribution in [0.2, 0.25) is 0 Å². The monoisotopic (exact) mass is 402 g/mol. The molecule has 4 aromatic heterocycles. The van der Waals surface area contributed by atoms with Crippen molar-refractivity contribution >= 4 is 28.4 Å². The van der Waals surface area contributed by atoms with Crippen molar-refractivity contribution in [3.05, 3.63) is 30.7 Å². The maximum Gasteiger partial charge on any atom is 0.226 e. The third-order valence-corrected chi connectivity index (χ3v) is 7.10. The highest BCUT2D eigenvalue weighted by atomic mass is 15.2. The fourth-order valence-corrected chi connectivity index (χ4v) is 5.18. The van der Waals surface area contributed by atoms with Gasteiger partial charge in [-0.25, -0.2) is 9.50 Å². The van der Waals surface area contributed by atoms with Gasteiger partial charge in [0.25, 0.3) is 0 Å². The second-order valence-electron chi connectivity index (χ2n) is 8.79. The molecule has 0 aromatic carbocycles. The lowest BCUT2D eigenvalue weighted by molar-refractivity contribution is 0.0729. The molecule has 3 N–H and O–H groups in total. The summed E-state index contributed by atoms with van der Waals surface area (Å²) in [7, 11) is 1.90. The van der Waals surface area contributed by atoms with Crippen LogP contribution in [0.15, 0.2) is 30.7 Å². The molecule has 6 rings (SSSR count). The van der Waals surface area contributed by atoms with Crippen LogP contribution in [0.1, 0.15) is 44.9 Å². The lowest BCUT2D eigenvalue weighted by Crippen LogP contribution is -2.38. The van der Waals surface area contributed by atoms with Crippen LogP contribution in [0, 0.1) is 5.41 Å². The van der Waals surface area contributed by atoms with Crippen LogP contribution in [0.4, 0.5) is 11.8 Å². The molecule has 8 nitrogen and oxygen atoms in total. The highest BCUT2D eigenvalue weighted by Gasteiger charge is 2.40. The van der Waals surface area contributed by atoms with Gasteiger partial charge >= 0.3 is 0 Å². The van der Waals surface area contributed by atoms with Crippen LogP contribution in [0.5, 0.6) is 0 Å². The Morgan fingerprint density at radius 3 is 2.73 bits per heavy atom. The van der Waals surface area contributed by atoms with Gasteiger partial charge in [-0.1, -0.05) is 6.42 Å². The molecule has 0 saturated heterocycles. The van der Waals surface area contributed by atoms with Gasteiger partial charge in [-0.3, -0.25) is 0 Å². The minimum atomic E-state index is 0.457. The van der Waals surface area contributed by atoms with E-state index in [9.17, 15) is 0 Å². The highest BCUT2D eigenvalue weighted by Crippen LogP contribution is 2.51. The molecule has 2 saturated carbocycles. The van der Waals surface area contributed by atoms with E-state index in [4.69, 9.17) is 15.0 Å². The first kappa shape index (κ1) is 17.7. The molecule has 8 heteroatoms. The number of fused-ring (bicyclic) bond motifs is 2. The first-order valence-corrected chi connectivity index (χ1v) is 10.9. The van der Waals surface area contributed by atoms with E-state index in [2.05, 4.69) is 20.7 Å². The summed E-state index contributed by atoms with van der Waals surface area (Å²) >= 11 is 0. The van der Waals surface area contributed by atoms with E-state index in [1.165, 1.54) is 44.9 Å². The SMILES string of the molecule is CNc1nc(NC2CCC3(CCC3)CC2)nc2[nH]cc(-c3ccn4nccc4n3)c12. The zero-order chi connectivity index (χ0) is 20.1. The molecule has 154 valence electrons. The van der Waals surface area contributed by atoms with Crippen LogP contribution in [-0.4, -0.2) is 42.6 Å². The van der Waals surface area contributed by atoms with Gasteiger partial charge in [0, 0.05) is 37.1 Å². The first-order valence-electron chi connectivity index (χ1n) is 10.9. The summed E-state index contributed by atoms with van der Waals surface area (Å²) in [4.78, 5) is 17.6. The Morgan fingerprint density at radius 1 is 1.10 bits per heavy atom. The van der Waals surface area contributed by atoms with Gasteiger partial charge in [0.15, 0.2) is 5.65 Å². The molecule has 1 spiro atoms. The van der Waals surface area contributed by atoms with Gasteiger partial charge in [0.2, 0.25) is 5.95 Å². The van der Waals surface area contributed by atoms with Crippen LogP contribution >= 0.6 is 0 Å². The number of rotatable bonds is 4. The van der Waals surface area contributed by atoms with Crippen molar-refractivity contribution in [1.29, 1.82) is 0 Å². The summed E-state index contributed by atoms with van der Waals surface area (Å²) in [5, 5.41) is 12.0. The van der Waals surface area contributed by atoms with E-state index in [0.717, 1.165) is 33.8 Å². The fraction of sp³-hybridized carbons (Fsp3) is 0.455. The standard InChI is InChI=1S/C22H26N8/c1-23-19-18-15(16-6-12-30-17(27-16)5-11-25-30)13-24-20(18)29-21(28-19)26-14-3-9-22(10-4-14)7-2-8-22/h5-6,11-14H,2-4,7-10H2,1H3,(H3,23,24,26,28,29). The molecular weight excluding hydrogens is 376 g/mol. The normalized spacial score (nSPS) is 18.7. The van der Waals surface area contributed by atoms with E-state index in [1.807, 2.05) is 31.6 Å². The molecule has 0 unspecified atom stereocenters. The molecule has 30 heavy (non-hydrogen) atoms. The molecule has 2 aliphatic carbocycles. The van der Waals surface area contributed by atoms with Crippen molar-refractivity contribution in [2.45, 2.75) is 51.0 Å². The summed E-state index contributed by atoms with van der Waals surface area (Å²) in [5.41, 5.74) is 4.14. The number of H-pyrrole nitrogens is 1. The molecule has 0 amide bonds. The number of hydrogen-bond acceptors (Lipinski definition) is 6. The van der Waals surface area contributed by atoms with Gasteiger partial charge in [0.05, 0.1) is 17.3 Å². The molecule has 0 aliphatic heterocycles. The minimum Gasteiger partial charge on any atom is -0.372 e. The lowest BCUT2D eigenvalue weighted by Gasteiger charge is -2.47. The number of aromatic amines is 1. The minimum absolute atomic E-state index is 0.457. The largest absolute Gasteiger partial charge is 0.372 e. The maximum absolute atomic E-state index is 4.80. The predicted octanol–water partition coefficient (Wildman–Crippen LogP) is 4.23. The number of aromatic nitrogens is 6. The summed E-state index contributed by atoms with van der Waals surface area (Å²) in [6.45, 7) is 0. The highest BCUT2D eigenvalue weighted by molar-refractivity contribution is 6.00. The summed E-state index contributed by atoms with van der Waals surface area (Å²) < 4.78 is 1.76. The zero-order valence-corrected chi connectivity index (χ0v) is 17.1. The molecule has 4 aromatic rings. The van der Waals surface area contributed by atoms with Gasteiger partial charge in [-0.05, 0) is 50.0 Å². The Kier molecular flexibility index (Phi) is 3.94. The Morgan fingerprint density at radius 2 is 1.97 bits per heavy atom. The number of hydrogen-bond donors (Lipinski definition) is 3. The molecule has 2 aliphatic rings. The Labute approximate surface area is 174 Å². The summed E-state index contributed by atoms with van der Waals surface area (Å²) in [6.07, 6.45) is 15.0. The first-order chi connectivity index (χ1) is 14.7. The Hall–Kier alpha value is -3.16. The average Bonchev–Trinajstić information content (AvgIpc) is 3.39. The van der Waals surface area contributed by atoms with Crippen molar-refractivity contribution in [3.63, 3.8) is 0 Å². The maximum atomic E-state index is 4.80. The fourth-order valence-electron chi connectivity index (χ4n) is 5.18. The predicted molar refractivity (Wildman–Crippen MR) is 118 cm³/mol. The van der Waals surface area contributed by atoms with E-state index in [0.29, 0.717) is 17.4 Å². The third-order valence-electron chi connectivity index (χ3n) is 7.10. The third kappa shape index (κ3) is 2.81. The Bertz CT molecular complexity index is 1210. The molecule has 0 bridgehead atoms.